The molecule has 0 radical (unpaired) electrons. The molecule has 0 amide bonds. The van der Waals surface area contributed by atoms with Crippen molar-refractivity contribution in [3.8, 4) is 56.4 Å². The fourth-order valence-corrected chi connectivity index (χ4v) is 7.35. The normalized spacial score (nSPS) is 13.0. The Kier molecular flexibility index (Phi) is 6.60. The van der Waals surface area contributed by atoms with E-state index in [0.717, 1.165) is 40.7 Å². The van der Waals surface area contributed by atoms with Crippen molar-refractivity contribution in [1.82, 2.24) is 15.0 Å². The van der Waals surface area contributed by atoms with Crippen LogP contribution < -0.4 is 0 Å². The Bertz CT molecular complexity index is 2180. The highest BCUT2D eigenvalue weighted by Crippen LogP contribution is 2.57. The lowest BCUT2D eigenvalue weighted by atomic mass is 9.72. The lowest BCUT2D eigenvalue weighted by molar-refractivity contribution is 0.494. The molecule has 0 N–H and O–H groups in total. The van der Waals surface area contributed by atoms with Gasteiger partial charge in [0.2, 0.25) is 0 Å². The second-order valence-corrected chi connectivity index (χ2v) is 11.8. The standard InChI is InChI=1S/C42H33N3/c1-3-42(4-2)36-24-14-23-35(37(36)34-26-25-29-17-11-12-22-33(29)38(34)42)41-44-39(30-18-9-6-10-19-30)43-40(45-41)32-21-13-20-31(27-32)28-15-7-5-8-16-28/h5-27H,3-4H2,1-2H3. The highest BCUT2D eigenvalue weighted by molar-refractivity contribution is 6.01. The first-order chi connectivity index (χ1) is 22.2. The van der Waals surface area contributed by atoms with E-state index in [4.69, 9.17) is 15.0 Å². The molecule has 0 saturated heterocycles. The fourth-order valence-electron chi connectivity index (χ4n) is 7.35. The Balaban J connectivity index is 1.38. The van der Waals surface area contributed by atoms with Crippen LogP contribution in [0.25, 0.3) is 67.2 Å². The summed E-state index contributed by atoms with van der Waals surface area (Å²) in [6.07, 6.45) is 2.04. The third kappa shape index (κ3) is 4.38. The Hall–Kier alpha value is -5.41. The molecule has 3 nitrogen and oxygen atoms in total. The fraction of sp³-hybridized carbons (Fsp3) is 0.119. The van der Waals surface area contributed by atoms with E-state index in [1.54, 1.807) is 0 Å². The van der Waals surface area contributed by atoms with Crippen LogP contribution in [0.15, 0.2) is 140 Å². The quantitative estimate of drug-likeness (QED) is 0.197. The summed E-state index contributed by atoms with van der Waals surface area (Å²) >= 11 is 0. The Morgan fingerprint density at radius 2 is 1.07 bits per heavy atom. The maximum absolute atomic E-state index is 5.22. The average molecular weight is 580 g/mol. The number of fused-ring (bicyclic) bond motifs is 5. The van der Waals surface area contributed by atoms with Gasteiger partial charge in [0.25, 0.3) is 0 Å². The zero-order chi connectivity index (χ0) is 30.4. The van der Waals surface area contributed by atoms with Crippen LogP contribution in [0.3, 0.4) is 0 Å². The van der Waals surface area contributed by atoms with Crippen molar-refractivity contribution in [2.75, 3.05) is 0 Å². The number of hydrogen-bond donors (Lipinski definition) is 0. The molecular weight excluding hydrogens is 546 g/mol. The van der Waals surface area contributed by atoms with Crippen LogP contribution in [0.1, 0.15) is 37.8 Å². The number of hydrogen-bond acceptors (Lipinski definition) is 3. The van der Waals surface area contributed by atoms with Crippen molar-refractivity contribution in [1.29, 1.82) is 0 Å². The SMILES string of the molecule is CCC1(CC)c2cccc(-c3nc(-c4ccccc4)nc(-c4cccc(-c5ccccc5)c4)n3)c2-c2ccc3ccccc3c21. The molecule has 1 aliphatic rings. The highest BCUT2D eigenvalue weighted by Gasteiger charge is 2.43. The Morgan fingerprint density at radius 3 is 1.82 bits per heavy atom. The molecule has 1 heterocycles. The molecule has 1 aliphatic carbocycles. The van der Waals surface area contributed by atoms with Crippen LogP contribution in [0, 0.1) is 0 Å². The lowest BCUT2D eigenvalue weighted by Crippen LogP contribution is -2.23. The molecular formula is C42H33N3. The highest BCUT2D eigenvalue weighted by atomic mass is 15.0. The van der Waals surface area contributed by atoms with Gasteiger partial charge in [0, 0.05) is 22.1 Å². The van der Waals surface area contributed by atoms with Crippen molar-refractivity contribution in [3.63, 3.8) is 0 Å². The molecule has 6 aromatic carbocycles. The van der Waals surface area contributed by atoms with E-state index in [9.17, 15) is 0 Å². The maximum atomic E-state index is 5.22. The summed E-state index contributed by atoms with van der Waals surface area (Å²) in [7, 11) is 0. The van der Waals surface area contributed by atoms with E-state index in [0.29, 0.717) is 17.5 Å². The van der Waals surface area contributed by atoms with E-state index < -0.39 is 0 Å². The minimum absolute atomic E-state index is 0.0797. The van der Waals surface area contributed by atoms with Gasteiger partial charge in [-0.15, -0.1) is 0 Å². The van der Waals surface area contributed by atoms with Gasteiger partial charge in [0.1, 0.15) is 0 Å². The Labute approximate surface area is 264 Å². The van der Waals surface area contributed by atoms with Crippen LogP contribution in [0.4, 0.5) is 0 Å². The van der Waals surface area contributed by atoms with Crippen LogP contribution in [-0.2, 0) is 5.41 Å². The molecule has 0 aliphatic heterocycles. The minimum atomic E-state index is -0.0797. The lowest BCUT2D eigenvalue weighted by Gasteiger charge is -2.30. The van der Waals surface area contributed by atoms with Gasteiger partial charge in [0.15, 0.2) is 17.5 Å². The van der Waals surface area contributed by atoms with E-state index in [1.165, 1.54) is 33.0 Å². The zero-order valence-electron chi connectivity index (χ0n) is 25.5. The maximum Gasteiger partial charge on any atom is 0.164 e. The first-order valence-electron chi connectivity index (χ1n) is 15.8. The smallest absolute Gasteiger partial charge is 0.164 e. The van der Waals surface area contributed by atoms with E-state index in [-0.39, 0.29) is 5.41 Å². The average Bonchev–Trinajstić information content (AvgIpc) is 3.43. The Morgan fingerprint density at radius 1 is 0.467 bits per heavy atom. The van der Waals surface area contributed by atoms with Crippen LogP contribution in [0.2, 0.25) is 0 Å². The topological polar surface area (TPSA) is 38.7 Å². The summed E-state index contributed by atoms with van der Waals surface area (Å²) in [6, 6.07) is 49.3. The molecule has 7 aromatic rings. The molecule has 45 heavy (non-hydrogen) atoms. The molecule has 216 valence electrons. The molecule has 0 bridgehead atoms. The van der Waals surface area contributed by atoms with Gasteiger partial charge >= 0.3 is 0 Å². The minimum Gasteiger partial charge on any atom is -0.208 e. The molecule has 3 heteroatoms. The monoisotopic (exact) mass is 579 g/mol. The zero-order valence-corrected chi connectivity index (χ0v) is 25.5. The van der Waals surface area contributed by atoms with Gasteiger partial charge < -0.3 is 0 Å². The van der Waals surface area contributed by atoms with Gasteiger partial charge in [0.05, 0.1) is 0 Å². The van der Waals surface area contributed by atoms with E-state index >= 15 is 0 Å². The molecule has 8 rings (SSSR count). The van der Waals surface area contributed by atoms with Gasteiger partial charge in [-0.1, -0.05) is 147 Å². The van der Waals surface area contributed by atoms with Crippen LogP contribution in [0.5, 0.6) is 0 Å². The number of benzene rings is 6. The van der Waals surface area contributed by atoms with Crippen molar-refractivity contribution < 1.29 is 0 Å². The van der Waals surface area contributed by atoms with Crippen LogP contribution >= 0.6 is 0 Å². The van der Waals surface area contributed by atoms with Crippen LogP contribution in [-0.4, -0.2) is 15.0 Å². The number of aromatic nitrogens is 3. The largest absolute Gasteiger partial charge is 0.208 e. The summed E-state index contributed by atoms with van der Waals surface area (Å²) in [6.45, 7) is 4.65. The summed E-state index contributed by atoms with van der Waals surface area (Å²) in [5.74, 6) is 2.04. The van der Waals surface area contributed by atoms with Gasteiger partial charge in [-0.25, -0.2) is 15.0 Å². The number of rotatable bonds is 6. The molecule has 0 unspecified atom stereocenters. The van der Waals surface area contributed by atoms with Crippen molar-refractivity contribution in [2.45, 2.75) is 32.1 Å². The molecule has 0 fully saturated rings. The van der Waals surface area contributed by atoms with Crippen molar-refractivity contribution in [3.05, 3.63) is 151 Å². The van der Waals surface area contributed by atoms with Crippen molar-refractivity contribution >= 4 is 10.8 Å². The van der Waals surface area contributed by atoms with Gasteiger partial charge in [-0.2, -0.15) is 0 Å². The third-order valence-electron chi connectivity index (χ3n) is 9.60. The van der Waals surface area contributed by atoms with Crippen molar-refractivity contribution in [2.24, 2.45) is 0 Å². The second-order valence-electron chi connectivity index (χ2n) is 11.8. The molecule has 0 atom stereocenters. The summed E-state index contributed by atoms with van der Waals surface area (Å²) < 4.78 is 0. The molecule has 1 aromatic heterocycles. The van der Waals surface area contributed by atoms with Gasteiger partial charge in [-0.3, -0.25) is 0 Å². The predicted octanol–water partition coefficient (Wildman–Crippen LogP) is 10.8. The van der Waals surface area contributed by atoms with E-state index in [1.807, 2.05) is 24.3 Å². The first kappa shape index (κ1) is 27.2. The summed E-state index contributed by atoms with van der Waals surface area (Å²) in [4.78, 5) is 15.4. The number of nitrogens with zero attached hydrogens (tertiary/aromatic N) is 3. The van der Waals surface area contributed by atoms with E-state index in [2.05, 4.69) is 129 Å². The predicted molar refractivity (Wildman–Crippen MR) is 186 cm³/mol. The van der Waals surface area contributed by atoms with Gasteiger partial charge in [-0.05, 0) is 63.1 Å². The molecule has 0 saturated carbocycles. The first-order valence-corrected chi connectivity index (χ1v) is 15.8. The molecule has 0 spiro atoms. The summed E-state index contributed by atoms with van der Waals surface area (Å²) in [5.41, 5.74) is 10.5. The summed E-state index contributed by atoms with van der Waals surface area (Å²) in [5, 5.41) is 2.61. The third-order valence-corrected chi connectivity index (χ3v) is 9.60. The second kappa shape index (κ2) is 10.9.